The summed E-state index contributed by atoms with van der Waals surface area (Å²) in [6, 6.07) is 7.06. The number of methoxy groups -OCH3 is 1. The second-order valence-corrected chi connectivity index (χ2v) is 5.23. The molecule has 1 aromatic heterocycles. The van der Waals surface area contributed by atoms with Crippen LogP contribution >= 0.6 is 0 Å². The molecule has 0 saturated carbocycles. The average molecular weight is 331 g/mol. The molecule has 2 aromatic rings. The fraction of sp³-hybridized carbons (Fsp3) is 0.312. The van der Waals surface area contributed by atoms with Crippen LogP contribution in [0.2, 0.25) is 0 Å². The van der Waals surface area contributed by atoms with Crippen molar-refractivity contribution in [2.75, 3.05) is 12.4 Å². The number of carbonyl (C=O) groups excluding carboxylic acids is 2. The molecule has 1 aromatic carbocycles. The van der Waals surface area contributed by atoms with Crippen LogP contribution in [0, 0.1) is 0 Å². The zero-order valence-electron chi connectivity index (χ0n) is 13.7. The highest BCUT2D eigenvalue weighted by atomic mass is 16.5. The Morgan fingerprint density at radius 1 is 1.33 bits per heavy atom. The normalized spacial score (nSPS) is 11.6. The number of carbonyl (C=O) groups is 2. The van der Waals surface area contributed by atoms with Crippen LogP contribution in [-0.4, -0.2) is 28.8 Å². The standard InChI is InChI=1S/C16H21N5O3/c1-3-14(11-4-6-13(24-2)7-5-11)20-16(23)19-12-8-18-21(9-12)10-15(17)22/h4-9,14H,3,10H2,1-2H3,(H2,17,22)(H2,19,20,23). The predicted molar refractivity (Wildman–Crippen MR) is 89.6 cm³/mol. The van der Waals surface area contributed by atoms with Crippen LogP contribution in [0.4, 0.5) is 10.5 Å². The number of aromatic nitrogens is 2. The molecule has 8 heteroatoms. The molecule has 1 atom stereocenters. The number of nitrogens with one attached hydrogen (secondary N) is 2. The average Bonchev–Trinajstić information content (AvgIpc) is 2.98. The number of benzene rings is 1. The molecule has 8 nitrogen and oxygen atoms in total. The third-order valence-corrected chi connectivity index (χ3v) is 3.44. The van der Waals surface area contributed by atoms with Gasteiger partial charge in [-0.15, -0.1) is 0 Å². The van der Waals surface area contributed by atoms with Crippen molar-refractivity contribution in [3.8, 4) is 5.75 Å². The van der Waals surface area contributed by atoms with Gasteiger partial charge in [0.1, 0.15) is 12.3 Å². The molecule has 0 aliphatic heterocycles. The molecule has 1 unspecified atom stereocenters. The minimum atomic E-state index is -0.500. The third-order valence-electron chi connectivity index (χ3n) is 3.44. The minimum absolute atomic E-state index is 0.0350. The molecule has 0 bridgehead atoms. The Kier molecular flexibility index (Phi) is 5.78. The molecule has 128 valence electrons. The number of hydrogen-bond donors (Lipinski definition) is 3. The Labute approximate surface area is 140 Å². The van der Waals surface area contributed by atoms with Gasteiger partial charge in [0.25, 0.3) is 0 Å². The van der Waals surface area contributed by atoms with E-state index in [1.165, 1.54) is 10.9 Å². The quantitative estimate of drug-likeness (QED) is 0.716. The van der Waals surface area contributed by atoms with Crippen molar-refractivity contribution in [1.82, 2.24) is 15.1 Å². The first-order valence-electron chi connectivity index (χ1n) is 7.54. The molecule has 0 spiro atoms. The summed E-state index contributed by atoms with van der Waals surface area (Å²) in [5, 5.41) is 9.53. The van der Waals surface area contributed by atoms with E-state index >= 15 is 0 Å². The maximum Gasteiger partial charge on any atom is 0.319 e. The van der Waals surface area contributed by atoms with Gasteiger partial charge in [-0.1, -0.05) is 19.1 Å². The summed E-state index contributed by atoms with van der Waals surface area (Å²) in [5.41, 5.74) is 6.56. The molecule has 0 aliphatic carbocycles. The maximum absolute atomic E-state index is 12.1. The molecule has 4 N–H and O–H groups in total. The summed E-state index contributed by atoms with van der Waals surface area (Å²) in [4.78, 5) is 23.0. The number of ether oxygens (including phenoxy) is 1. The van der Waals surface area contributed by atoms with E-state index < -0.39 is 5.91 Å². The number of rotatable bonds is 7. The monoisotopic (exact) mass is 331 g/mol. The Hall–Kier alpha value is -3.03. The van der Waals surface area contributed by atoms with Gasteiger partial charge in [-0.3, -0.25) is 9.48 Å². The molecular formula is C16H21N5O3. The van der Waals surface area contributed by atoms with Crippen LogP contribution in [0.5, 0.6) is 5.75 Å². The van der Waals surface area contributed by atoms with E-state index in [1.54, 1.807) is 13.3 Å². The molecule has 3 amide bonds. The summed E-state index contributed by atoms with van der Waals surface area (Å²) in [6.07, 6.45) is 3.73. The van der Waals surface area contributed by atoms with E-state index in [0.717, 1.165) is 17.7 Å². The van der Waals surface area contributed by atoms with Crippen molar-refractivity contribution in [3.05, 3.63) is 42.2 Å². The van der Waals surface area contributed by atoms with Gasteiger partial charge >= 0.3 is 6.03 Å². The van der Waals surface area contributed by atoms with E-state index in [0.29, 0.717) is 5.69 Å². The van der Waals surface area contributed by atoms with E-state index in [2.05, 4.69) is 15.7 Å². The molecule has 0 fully saturated rings. The second-order valence-electron chi connectivity index (χ2n) is 5.23. The zero-order valence-corrected chi connectivity index (χ0v) is 13.7. The van der Waals surface area contributed by atoms with Gasteiger partial charge in [-0.2, -0.15) is 5.10 Å². The number of hydrogen-bond acceptors (Lipinski definition) is 4. The Bertz CT molecular complexity index is 696. The van der Waals surface area contributed by atoms with Gasteiger partial charge in [0.15, 0.2) is 0 Å². The van der Waals surface area contributed by atoms with Gasteiger partial charge < -0.3 is 21.1 Å². The molecule has 0 aliphatic rings. The Balaban J connectivity index is 1.95. The largest absolute Gasteiger partial charge is 0.497 e. The highest BCUT2D eigenvalue weighted by Gasteiger charge is 2.13. The van der Waals surface area contributed by atoms with E-state index in [4.69, 9.17) is 10.5 Å². The van der Waals surface area contributed by atoms with E-state index in [1.807, 2.05) is 31.2 Å². The fourth-order valence-corrected chi connectivity index (χ4v) is 2.26. The van der Waals surface area contributed by atoms with Crippen LogP contribution in [-0.2, 0) is 11.3 Å². The van der Waals surface area contributed by atoms with Crippen LogP contribution in [0.1, 0.15) is 24.9 Å². The number of primary amides is 1. The summed E-state index contributed by atoms with van der Waals surface area (Å²) < 4.78 is 6.49. The lowest BCUT2D eigenvalue weighted by Crippen LogP contribution is -2.32. The zero-order chi connectivity index (χ0) is 17.5. The lowest BCUT2D eigenvalue weighted by Gasteiger charge is -2.18. The van der Waals surface area contributed by atoms with E-state index in [9.17, 15) is 9.59 Å². The first kappa shape index (κ1) is 17.3. The van der Waals surface area contributed by atoms with Gasteiger partial charge in [-0.05, 0) is 24.1 Å². The van der Waals surface area contributed by atoms with Crippen LogP contribution in [0.25, 0.3) is 0 Å². The Morgan fingerprint density at radius 2 is 2.04 bits per heavy atom. The summed E-state index contributed by atoms with van der Waals surface area (Å²) >= 11 is 0. The predicted octanol–water partition coefficient (Wildman–Crippen LogP) is 1.65. The molecule has 0 saturated heterocycles. The minimum Gasteiger partial charge on any atom is -0.497 e. The Morgan fingerprint density at radius 3 is 2.62 bits per heavy atom. The van der Waals surface area contributed by atoms with Crippen LogP contribution in [0.15, 0.2) is 36.7 Å². The molecule has 2 rings (SSSR count). The third kappa shape index (κ3) is 4.73. The highest BCUT2D eigenvalue weighted by Crippen LogP contribution is 2.20. The van der Waals surface area contributed by atoms with Crippen LogP contribution < -0.4 is 21.1 Å². The second kappa shape index (κ2) is 8.00. The van der Waals surface area contributed by atoms with Crippen molar-refractivity contribution >= 4 is 17.6 Å². The topological polar surface area (TPSA) is 111 Å². The van der Waals surface area contributed by atoms with Crippen LogP contribution in [0.3, 0.4) is 0 Å². The maximum atomic E-state index is 12.1. The molecule has 24 heavy (non-hydrogen) atoms. The smallest absolute Gasteiger partial charge is 0.319 e. The molecule has 0 radical (unpaired) electrons. The highest BCUT2D eigenvalue weighted by molar-refractivity contribution is 5.89. The number of amides is 3. The molecular weight excluding hydrogens is 310 g/mol. The number of nitrogens with two attached hydrogens (primary N) is 1. The first-order valence-corrected chi connectivity index (χ1v) is 7.54. The SMILES string of the molecule is CCC(NC(=O)Nc1cnn(CC(N)=O)c1)c1ccc(OC)cc1. The lowest BCUT2D eigenvalue weighted by molar-refractivity contribution is -0.118. The fourth-order valence-electron chi connectivity index (χ4n) is 2.26. The van der Waals surface area contributed by atoms with Crippen molar-refractivity contribution in [2.24, 2.45) is 5.73 Å². The van der Waals surface area contributed by atoms with Crippen molar-refractivity contribution in [1.29, 1.82) is 0 Å². The summed E-state index contributed by atoms with van der Waals surface area (Å²) in [6.45, 7) is 1.95. The van der Waals surface area contributed by atoms with E-state index in [-0.39, 0.29) is 18.6 Å². The number of urea groups is 1. The van der Waals surface area contributed by atoms with Crippen molar-refractivity contribution in [2.45, 2.75) is 25.9 Å². The number of nitrogens with zero attached hydrogens (tertiary/aromatic N) is 2. The molecule has 1 heterocycles. The number of anilines is 1. The van der Waals surface area contributed by atoms with Gasteiger partial charge in [0.05, 0.1) is 25.0 Å². The van der Waals surface area contributed by atoms with Crippen molar-refractivity contribution in [3.63, 3.8) is 0 Å². The van der Waals surface area contributed by atoms with Crippen molar-refractivity contribution < 1.29 is 14.3 Å². The van der Waals surface area contributed by atoms with Gasteiger partial charge in [-0.25, -0.2) is 4.79 Å². The summed E-state index contributed by atoms with van der Waals surface area (Å²) in [5.74, 6) is 0.263. The first-order chi connectivity index (χ1) is 11.5. The summed E-state index contributed by atoms with van der Waals surface area (Å²) in [7, 11) is 1.61. The van der Waals surface area contributed by atoms with Gasteiger partial charge in [0, 0.05) is 6.20 Å². The lowest BCUT2D eigenvalue weighted by atomic mass is 10.0. The van der Waals surface area contributed by atoms with Gasteiger partial charge in [0.2, 0.25) is 5.91 Å².